The lowest BCUT2D eigenvalue weighted by Gasteiger charge is -2.11. The second kappa shape index (κ2) is 9.65. The van der Waals surface area contributed by atoms with Crippen molar-refractivity contribution >= 4 is 40.2 Å². The van der Waals surface area contributed by atoms with Gasteiger partial charge in [0.25, 0.3) is 5.91 Å². The minimum atomic E-state index is -0.176. The van der Waals surface area contributed by atoms with E-state index in [1.54, 1.807) is 6.07 Å². The summed E-state index contributed by atoms with van der Waals surface area (Å²) in [6.07, 6.45) is 3.15. The average molecular weight is 410 g/mol. The second-order valence-corrected chi connectivity index (χ2v) is 8.26. The maximum absolute atomic E-state index is 12.9. The molecule has 0 unspecified atom stereocenters. The van der Waals surface area contributed by atoms with E-state index in [1.807, 2.05) is 50.2 Å². The van der Waals surface area contributed by atoms with Gasteiger partial charge in [0.1, 0.15) is 0 Å². The lowest BCUT2D eigenvalue weighted by atomic mass is 10.2. The number of nitrogens with one attached hydrogen (secondary N) is 2. The van der Waals surface area contributed by atoms with Crippen LogP contribution in [0.15, 0.2) is 59.6 Å². The molecular formula is C23H27N3O2S. The lowest BCUT2D eigenvalue weighted by molar-refractivity contribution is -0.119. The molecular weight excluding hydrogens is 382 g/mol. The third-order valence-electron chi connectivity index (χ3n) is 4.43. The summed E-state index contributed by atoms with van der Waals surface area (Å²) in [4.78, 5) is 25.6. The molecule has 152 valence electrons. The van der Waals surface area contributed by atoms with Crippen molar-refractivity contribution in [1.82, 2.24) is 9.88 Å². The summed E-state index contributed by atoms with van der Waals surface area (Å²) in [7, 11) is 0. The summed E-state index contributed by atoms with van der Waals surface area (Å²) >= 11 is 1.37. The van der Waals surface area contributed by atoms with Crippen LogP contribution in [0.1, 0.15) is 37.6 Å². The number of hydrogen-bond acceptors (Lipinski definition) is 3. The Morgan fingerprint density at radius 3 is 2.66 bits per heavy atom. The molecule has 2 N–H and O–H groups in total. The zero-order valence-electron chi connectivity index (χ0n) is 17.1. The van der Waals surface area contributed by atoms with Crippen LogP contribution in [-0.2, 0) is 11.3 Å². The third kappa shape index (κ3) is 5.41. The van der Waals surface area contributed by atoms with E-state index in [9.17, 15) is 9.59 Å². The van der Waals surface area contributed by atoms with E-state index < -0.39 is 0 Å². The molecule has 1 aromatic heterocycles. The highest BCUT2D eigenvalue weighted by Gasteiger charge is 2.14. The number of hydrogen-bond donors (Lipinski definition) is 2. The van der Waals surface area contributed by atoms with Crippen molar-refractivity contribution in [1.29, 1.82) is 0 Å². The number of thioether (sulfide) groups is 1. The first-order valence-electron chi connectivity index (χ1n) is 9.89. The summed E-state index contributed by atoms with van der Waals surface area (Å²) in [6.45, 7) is 6.99. The Hall–Kier alpha value is -2.73. The molecule has 0 spiro atoms. The predicted octanol–water partition coefficient (Wildman–Crippen LogP) is 4.92. The zero-order chi connectivity index (χ0) is 20.8. The average Bonchev–Trinajstić information content (AvgIpc) is 3.08. The molecule has 3 rings (SSSR count). The number of fused-ring (bicyclic) bond motifs is 1. The molecule has 1 heterocycles. The molecule has 2 aromatic carbocycles. The molecule has 0 fully saturated rings. The molecule has 0 aliphatic carbocycles. The zero-order valence-corrected chi connectivity index (χ0v) is 17.9. The highest BCUT2D eigenvalue weighted by molar-refractivity contribution is 8.00. The van der Waals surface area contributed by atoms with Crippen molar-refractivity contribution in [3.05, 3.63) is 60.3 Å². The van der Waals surface area contributed by atoms with Crippen LogP contribution in [0.4, 0.5) is 5.69 Å². The molecule has 5 nitrogen and oxygen atoms in total. The van der Waals surface area contributed by atoms with Gasteiger partial charge in [0.2, 0.25) is 5.91 Å². The van der Waals surface area contributed by atoms with Crippen LogP contribution in [0, 0.1) is 0 Å². The maximum atomic E-state index is 12.9. The Bertz CT molecular complexity index is 1010. The van der Waals surface area contributed by atoms with Gasteiger partial charge >= 0.3 is 0 Å². The standard InChI is InChI=1S/C23H27N3O2S/c1-4-12-26-13-11-17-14-18(9-10-20(17)26)25-23(28)19-7-5-6-8-21(19)29-15-22(27)24-16(2)3/h5-11,13-14,16H,4,12,15H2,1-3H3,(H,24,27)(H,25,28). The number of carbonyl (C=O) groups excluding carboxylic acids is 2. The van der Waals surface area contributed by atoms with E-state index in [0.29, 0.717) is 5.56 Å². The first-order chi connectivity index (χ1) is 14.0. The Balaban J connectivity index is 1.72. The van der Waals surface area contributed by atoms with E-state index in [4.69, 9.17) is 0 Å². The summed E-state index contributed by atoms with van der Waals surface area (Å²) in [5.41, 5.74) is 2.49. The van der Waals surface area contributed by atoms with E-state index in [2.05, 4.69) is 34.4 Å². The molecule has 3 aromatic rings. The second-order valence-electron chi connectivity index (χ2n) is 7.24. The number of anilines is 1. The fraction of sp³-hybridized carbons (Fsp3) is 0.304. The Morgan fingerprint density at radius 1 is 1.10 bits per heavy atom. The predicted molar refractivity (Wildman–Crippen MR) is 121 cm³/mol. The number of rotatable bonds is 8. The van der Waals surface area contributed by atoms with Crippen molar-refractivity contribution in [2.45, 2.75) is 44.7 Å². The van der Waals surface area contributed by atoms with Crippen LogP contribution in [0.5, 0.6) is 0 Å². The summed E-state index contributed by atoms with van der Waals surface area (Å²) in [6, 6.07) is 15.5. The first kappa shape index (κ1) is 21.0. The van der Waals surface area contributed by atoms with Crippen molar-refractivity contribution in [2.24, 2.45) is 0 Å². The van der Waals surface area contributed by atoms with Crippen molar-refractivity contribution in [3.8, 4) is 0 Å². The lowest BCUT2D eigenvalue weighted by Crippen LogP contribution is -2.31. The fourth-order valence-electron chi connectivity index (χ4n) is 3.20. The van der Waals surface area contributed by atoms with Crippen molar-refractivity contribution < 1.29 is 9.59 Å². The topological polar surface area (TPSA) is 63.1 Å². The maximum Gasteiger partial charge on any atom is 0.256 e. The van der Waals surface area contributed by atoms with E-state index in [1.165, 1.54) is 11.8 Å². The van der Waals surface area contributed by atoms with Crippen molar-refractivity contribution in [3.63, 3.8) is 0 Å². The Labute approximate surface area is 175 Å². The first-order valence-corrected chi connectivity index (χ1v) is 10.9. The Kier molecular flexibility index (Phi) is 6.99. The summed E-state index contributed by atoms with van der Waals surface area (Å²) in [5, 5.41) is 6.96. The molecule has 0 aliphatic heterocycles. The van der Waals surface area contributed by atoms with Crippen LogP contribution in [0.3, 0.4) is 0 Å². The summed E-state index contributed by atoms with van der Waals surface area (Å²) < 4.78 is 2.22. The van der Waals surface area contributed by atoms with E-state index in [-0.39, 0.29) is 23.6 Å². The number of benzene rings is 2. The van der Waals surface area contributed by atoms with Crippen molar-refractivity contribution in [2.75, 3.05) is 11.1 Å². The van der Waals surface area contributed by atoms with Gasteiger partial charge < -0.3 is 15.2 Å². The highest BCUT2D eigenvalue weighted by atomic mass is 32.2. The minimum absolute atomic E-state index is 0.0396. The number of aromatic nitrogens is 1. The van der Waals surface area contributed by atoms with Crippen LogP contribution < -0.4 is 10.6 Å². The molecule has 0 atom stereocenters. The van der Waals surface area contributed by atoms with E-state index >= 15 is 0 Å². The van der Waals surface area contributed by atoms with Gasteiger partial charge in [0, 0.05) is 40.3 Å². The highest BCUT2D eigenvalue weighted by Crippen LogP contribution is 2.25. The van der Waals surface area contributed by atoms with Gasteiger partial charge in [0.15, 0.2) is 0 Å². The van der Waals surface area contributed by atoms with Gasteiger partial charge in [0.05, 0.1) is 11.3 Å². The largest absolute Gasteiger partial charge is 0.353 e. The molecule has 0 radical (unpaired) electrons. The van der Waals surface area contributed by atoms with Crippen LogP contribution in [0.2, 0.25) is 0 Å². The third-order valence-corrected chi connectivity index (χ3v) is 5.51. The van der Waals surface area contributed by atoms with Gasteiger partial charge in [-0.05, 0) is 56.7 Å². The SMILES string of the molecule is CCCn1ccc2cc(NC(=O)c3ccccc3SCC(=O)NC(C)C)ccc21. The van der Waals surface area contributed by atoms with Gasteiger partial charge in [-0.1, -0.05) is 19.1 Å². The number of carbonyl (C=O) groups is 2. The van der Waals surface area contributed by atoms with Gasteiger partial charge in [-0.3, -0.25) is 9.59 Å². The molecule has 6 heteroatoms. The normalized spacial score (nSPS) is 11.0. The van der Waals surface area contributed by atoms with Gasteiger partial charge in [-0.2, -0.15) is 0 Å². The van der Waals surface area contributed by atoms with Gasteiger partial charge in [-0.25, -0.2) is 0 Å². The molecule has 0 saturated heterocycles. The number of nitrogens with zero attached hydrogens (tertiary/aromatic N) is 1. The minimum Gasteiger partial charge on any atom is -0.353 e. The number of amides is 2. The quantitative estimate of drug-likeness (QED) is 0.519. The Morgan fingerprint density at radius 2 is 1.90 bits per heavy atom. The summed E-state index contributed by atoms with van der Waals surface area (Å²) in [5.74, 6) is 0.0614. The van der Waals surface area contributed by atoms with E-state index in [0.717, 1.165) is 34.5 Å². The monoisotopic (exact) mass is 409 g/mol. The van der Waals surface area contributed by atoms with Crippen LogP contribution >= 0.6 is 11.8 Å². The number of aryl methyl sites for hydroxylation is 1. The smallest absolute Gasteiger partial charge is 0.256 e. The van der Waals surface area contributed by atoms with Crippen LogP contribution in [0.25, 0.3) is 10.9 Å². The molecule has 0 saturated carbocycles. The molecule has 0 bridgehead atoms. The molecule has 0 aliphatic rings. The molecule has 29 heavy (non-hydrogen) atoms. The molecule has 2 amide bonds. The fourth-order valence-corrected chi connectivity index (χ4v) is 4.06. The van der Waals surface area contributed by atoms with Crippen LogP contribution in [-0.4, -0.2) is 28.2 Å². The van der Waals surface area contributed by atoms with Gasteiger partial charge in [-0.15, -0.1) is 11.8 Å².